The van der Waals surface area contributed by atoms with Crippen LogP contribution in [0.5, 0.6) is 0 Å². The number of amides is 1. The van der Waals surface area contributed by atoms with Gasteiger partial charge in [-0.05, 0) is 45.4 Å². The van der Waals surface area contributed by atoms with Crippen LogP contribution in [0.2, 0.25) is 0 Å². The highest BCUT2D eigenvalue weighted by molar-refractivity contribution is 5.76. The van der Waals surface area contributed by atoms with E-state index in [1.807, 2.05) is 26.0 Å². The molecule has 1 rings (SSSR count). The third kappa shape index (κ3) is 5.04. The molecule has 4 nitrogen and oxygen atoms in total. The van der Waals surface area contributed by atoms with E-state index in [4.69, 9.17) is 10.2 Å². The van der Waals surface area contributed by atoms with E-state index in [0.29, 0.717) is 13.0 Å². The molecule has 1 heterocycles. The normalized spacial score (nSPS) is 12.4. The predicted molar refractivity (Wildman–Crippen MR) is 67.5 cm³/mol. The van der Waals surface area contributed by atoms with Crippen molar-refractivity contribution < 1.29 is 9.21 Å². The maximum Gasteiger partial charge on any atom is 0.220 e. The van der Waals surface area contributed by atoms with Crippen LogP contribution < -0.4 is 11.1 Å². The molecule has 1 unspecified atom stereocenters. The number of carbonyl (C=O) groups excluding carboxylic acids is 1. The van der Waals surface area contributed by atoms with E-state index < -0.39 is 0 Å². The molecule has 0 fully saturated rings. The zero-order chi connectivity index (χ0) is 12.7. The van der Waals surface area contributed by atoms with Crippen LogP contribution in [0.4, 0.5) is 0 Å². The SMILES string of the molecule is Cc1ccc(C(C)NC(=O)CCCCCN)o1. The van der Waals surface area contributed by atoms with Crippen LogP contribution in [-0.4, -0.2) is 12.5 Å². The molecule has 0 spiro atoms. The molecule has 0 aliphatic rings. The van der Waals surface area contributed by atoms with Crippen molar-refractivity contribution in [2.24, 2.45) is 5.73 Å². The predicted octanol–water partition coefficient (Wildman–Crippen LogP) is 2.28. The third-order valence-electron chi connectivity index (χ3n) is 2.67. The number of rotatable bonds is 7. The Bertz CT molecular complexity index is 347. The first-order valence-electron chi connectivity index (χ1n) is 6.19. The topological polar surface area (TPSA) is 68.3 Å². The Labute approximate surface area is 103 Å². The summed E-state index contributed by atoms with van der Waals surface area (Å²) in [7, 11) is 0. The Kier molecular flexibility index (Phi) is 5.77. The summed E-state index contributed by atoms with van der Waals surface area (Å²) in [6.45, 7) is 4.52. The van der Waals surface area contributed by atoms with Crippen LogP contribution in [0, 0.1) is 6.92 Å². The van der Waals surface area contributed by atoms with Gasteiger partial charge in [0.2, 0.25) is 5.91 Å². The molecule has 0 saturated heterocycles. The van der Waals surface area contributed by atoms with Gasteiger partial charge in [-0.15, -0.1) is 0 Å². The van der Waals surface area contributed by atoms with Gasteiger partial charge in [-0.2, -0.15) is 0 Å². The molecule has 3 N–H and O–H groups in total. The van der Waals surface area contributed by atoms with Crippen LogP contribution >= 0.6 is 0 Å². The lowest BCUT2D eigenvalue weighted by molar-refractivity contribution is -0.122. The first kappa shape index (κ1) is 13.8. The average molecular weight is 238 g/mol. The third-order valence-corrected chi connectivity index (χ3v) is 2.67. The number of carbonyl (C=O) groups is 1. The molecular formula is C13H22N2O2. The Hall–Kier alpha value is -1.29. The molecule has 17 heavy (non-hydrogen) atoms. The Morgan fingerprint density at radius 3 is 2.76 bits per heavy atom. The first-order chi connectivity index (χ1) is 8.13. The Morgan fingerprint density at radius 1 is 1.41 bits per heavy atom. The van der Waals surface area contributed by atoms with Gasteiger partial charge in [-0.25, -0.2) is 0 Å². The number of hydrogen-bond acceptors (Lipinski definition) is 3. The fourth-order valence-corrected chi connectivity index (χ4v) is 1.68. The zero-order valence-electron chi connectivity index (χ0n) is 10.7. The van der Waals surface area contributed by atoms with Crippen LogP contribution in [0.3, 0.4) is 0 Å². The smallest absolute Gasteiger partial charge is 0.220 e. The minimum absolute atomic E-state index is 0.0642. The molecule has 1 aromatic heterocycles. The highest BCUT2D eigenvalue weighted by atomic mass is 16.3. The molecule has 0 aliphatic carbocycles. The zero-order valence-corrected chi connectivity index (χ0v) is 10.7. The van der Waals surface area contributed by atoms with Gasteiger partial charge in [0.15, 0.2) is 0 Å². The summed E-state index contributed by atoms with van der Waals surface area (Å²) in [6, 6.07) is 3.74. The van der Waals surface area contributed by atoms with Gasteiger partial charge in [-0.1, -0.05) is 6.42 Å². The van der Waals surface area contributed by atoms with Crippen molar-refractivity contribution in [1.29, 1.82) is 0 Å². The summed E-state index contributed by atoms with van der Waals surface area (Å²) in [5, 5.41) is 2.92. The summed E-state index contributed by atoms with van der Waals surface area (Å²) in [6.07, 6.45) is 3.45. The standard InChI is InChI=1S/C13H22N2O2/c1-10-7-8-12(17-10)11(2)15-13(16)6-4-3-5-9-14/h7-8,11H,3-6,9,14H2,1-2H3,(H,15,16). The lowest BCUT2D eigenvalue weighted by Gasteiger charge is -2.11. The maximum atomic E-state index is 11.6. The van der Waals surface area contributed by atoms with E-state index in [1.165, 1.54) is 0 Å². The summed E-state index contributed by atoms with van der Waals surface area (Å²) < 4.78 is 5.46. The number of unbranched alkanes of at least 4 members (excludes halogenated alkanes) is 2. The molecular weight excluding hydrogens is 216 g/mol. The number of aryl methyl sites for hydroxylation is 1. The maximum absolute atomic E-state index is 11.6. The summed E-state index contributed by atoms with van der Waals surface area (Å²) in [5.41, 5.74) is 5.39. The molecule has 0 radical (unpaired) electrons. The molecule has 0 aliphatic heterocycles. The van der Waals surface area contributed by atoms with Crippen LogP contribution in [0.15, 0.2) is 16.5 Å². The highest BCUT2D eigenvalue weighted by Gasteiger charge is 2.12. The van der Waals surface area contributed by atoms with Gasteiger partial charge in [0.05, 0.1) is 6.04 Å². The van der Waals surface area contributed by atoms with Gasteiger partial charge >= 0.3 is 0 Å². The van der Waals surface area contributed by atoms with E-state index in [0.717, 1.165) is 30.8 Å². The summed E-state index contributed by atoms with van der Waals surface area (Å²) in [4.78, 5) is 11.6. The molecule has 1 atom stereocenters. The average Bonchev–Trinajstić information content (AvgIpc) is 2.71. The second-order valence-electron chi connectivity index (χ2n) is 4.34. The van der Waals surface area contributed by atoms with E-state index in [1.54, 1.807) is 0 Å². The fraction of sp³-hybridized carbons (Fsp3) is 0.615. The first-order valence-corrected chi connectivity index (χ1v) is 6.19. The van der Waals surface area contributed by atoms with E-state index >= 15 is 0 Å². The quantitative estimate of drug-likeness (QED) is 0.716. The number of nitrogens with two attached hydrogens (primary N) is 1. The summed E-state index contributed by atoms with van der Waals surface area (Å²) >= 11 is 0. The molecule has 1 amide bonds. The lowest BCUT2D eigenvalue weighted by Crippen LogP contribution is -2.26. The van der Waals surface area contributed by atoms with E-state index in [2.05, 4.69) is 5.32 Å². The second-order valence-corrected chi connectivity index (χ2v) is 4.34. The van der Waals surface area contributed by atoms with E-state index in [9.17, 15) is 4.79 Å². The van der Waals surface area contributed by atoms with Crippen molar-refractivity contribution in [1.82, 2.24) is 5.32 Å². The Morgan fingerprint density at radius 2 is 2.18 bits per heavy atom. The molecule has 0 saturated carbocycles. The molecule has 96 valence electrons. The molecule has 4 heteroatoms. The number of nitrogens with one attached hydrogen (secondary N) is 1. The van der Waals surface area contributed by atoms with Gasteiger partial charge in [-0.3, -0.25) is 4.79 Å². The van der Waals surface area contributed by atoms with Crippen LogP contribution in [0.25, 0.3) is 0 Å². The van der Waals surface area contributed by atoms with Crippen molar-refractivity contribution in [3.63, 3.8) is 0 Å². The van der Waals surface area contributed by atoms with Crippen molar-refractivity contribution >= 4 is 5.91 Å². The van der Waals surface area contributed by atoms with Crippen molar-refractivity contribution in [2.45, 2.75) is 45.6 Å². The van der Waals surface area contributed by atoms with E-state index in [-0.39, 0.29) is 11.9 Å². The van der Waals surface area contributed by atoms with Gasteiger partial charge in [0, 0.05) is 6.42 Å². The molecule has 0 bridgehead atoms. The van der Waals surface area contributed by atoms with Crippen LogP contribution in [0.1, 0.15) is 50.2 Å². The lowest BCUT2D eigenvalue weighted by atomic mass is 10.1. The second kappa shape index (κ2) is 7.12. The van der Waals surface area contributed by atoms with Crippen LogP contribution in [-0.2, 0) is 4.79 Å². The van der Waals surface area contributed by atoms with Crippen molar-refractivity contribution in [3.05, 3.63) is 23.7 Å². The largest absolute Gasteiger partial charge is 0.464 e. The minimum Gasteiger partial charge on any atom is -0.464 e. The van der Waals surface area contributed by atoms with Gasteiger partial charge < -0.3 is 15.5 Å². The molecule has 1 aromatic rings. The van der Waals surface area contributed by atoms with Gasteiger partial charge in [0.1, 0.15) is 11.5 Å². The number of furan rings is 1. The van der Waals surface area contributed by atoms with Gasteiger partial charge in [0.25, 0.3) is 0 Å². The Balaban J connectivity index is 2.26. The molecule has 0 aromatic carbocycles. The number of hydrogen-bond donors (Lipinski definition) is 2. The monoisotopic (exact) mass is 238 g/mol. The highest BCUT2D eigenvalue weighted by Crippen LogP contribution is 2.15. The van der Waals surface area contributed by atoms with Crippen molar-refractivity contribution in [2.75, 3.05) is 6.54 Å². The fourth-order valence-electron chi connectivity index (χ4n) is 1.68. The minimum atomic E-state index is -0.0642. The summed E-state index contributed by atoms with van der Waals surface area (Å²) in [5.74, 6) is 1.74. The van der Waals surface area contributed by atoms with Crippen molar-refractivity contribution in [3.8, 4) is 0 Å².